The van der Waals surface area contributed by atoms with E-state index in [-0.39, 0.29) is 17.7 Å². The van der Waals surface area contributed by atoms with Crippen molar-refractivity contribution in [2.24, 2.45) is 23.5 Å². The number of carbonyl (C=O) groups excluding carboxylic acids is 1. The van der Waals surface area contributed by atoms with E-state index < -0.39 is 0 Å². The molecule has 2 aliphatic rings. The third-order valence-corrected chi connectivity index (χ3v) is 4.99. The SMILES string of the molecule is CCC1CCC(C#N)C(N2CCCC(C(N)=O)C2)C1. The molecule has 1 aliphatic carbocycles. The van der Waals surface area contributed by atoms with E-state index in [4.69, 9.17) is 5.73 Å². The molecule has 2 N–H and O–H groups in total. The number of carbonyl (C=O) groups is 1. The van der Waals surface area contributed by atoms with Crippen LogP contribution in [0.15, 0.2) is 0 Å². The molecular weight excluding hydrogens is 238 g/mol. The maximum atomic E-state index is 11.4. The maximum absolute atomic E-state index is 11.4. The van der Waals surface area contributed by atoms with Gasteiger partial charge in [0.25, 0.3) is 0 Å². The number of nitrogens with two attached hydrogens (primary N) is 1. The van der Waals surface area contributed by atoms with E-state index >= 15 is 0 Å². The summed E-state index contributed by atoms with van der Waals surface area (Å²) >= 11 is 0. The molecule has 1 saturated carbocycles. The zero-order valence-corrected chi connectivity index (χ0v) is 11.8. The first-order valence-corrected chi connectivity index (χ1v) is 7.58. The van der Waals surface area contributed by atoms with Gasteiger partial charge in [0, 0.05) is 12.6 Å². The van der Waals surface area contributed by atoms with Crippen molar-refractivity contribution in [2.75, 3.05) is 13.1 Å². The minimum atomic E-state index is -0.180. The van der Waals surface area contributed by atoms with Gasteiger partial charge < -0.3 is 5.73 Å². The lowest BCUT2D eigenvalue weighted by atomic mass is 9.76. The summed E-state index contributed by atoms with van der Waals surface area (Å²) in [4.78, 5) is 13.8. The number of amides is 1. The summed E-state index contributed by atoms with van der Waals surface area (Å²) in [6.07, 6.45) is 6.43. The first-order valence-electron chi connectivity index (χ1n) is 7.58. The molecule has 0 aromatic heterocycles. The number of rotatable bonds is 3. The molecule has 0 aromatic rings. The molecule has 106 valence electrons. The second-order valence-corrected chi connectivity index (χ2v) is 6.13. The van der Waals surface area contributed by atoms with Gasteiger partial charge in [-0.05, 0) is 44.6 Å². The van der Waals surface area contributed by atoms with Gasteiger partial charge in [-0.25, -0.2) is 0 Å². The molecule has 19 heavy (non-hydrogen) atoms. The third-order valence-electron chi connectivity index (χ3n) is 4.99. The fourth-order valence-electron chi connectivity index (χ4n) is 3.70. The molecular formula is C15H25N3O. The molecule has 1 heterocycles. The van der Waals surface area contributed by atoms with Crippen molar-refractivity contribution in [2.45, 2.75) is 51.5 Å². The predicted molar refractivity (Wildman–Crippen MR) is 74.0 cm³/mol. The summed E-state index contributed by atoms with van der Waals surface area (Å²) < 4.78 is 0. The van der Waals surface area contributed by atoms with Gasteiger partial charge in [0.1, 0.15) is 0 Å². The minimum absolute atomic E-state index is 0.0184. The topological polar surface area (TPSA) is 70.1 Å². The zero-order chi connectivity index (χ0) is 13.8. The molecule has 4 nitrogen and oxygen atoms in total. The summed E-state index contributed by atoms with van der Waals surface area (Å²) in [5, 5.41) is 9.36. The molecule has 2 fully saturated rings. The maximum Gasteiger partial charge on any atom is 0.221 e. The van der Waals surface area contributed by atoms with Gasteiger partial charge in [0.2, 0.25) is 5.91 Å². The standard InChI is InChI=1S/C15H25N3O/c1-2-11-5-6-12(9-16)14(8-11)18-7-3-4-13(10-18)15(17)19/h11-14H,2-8,10H2,1H3,(H2,17,19). The number of hydrogen-bond donors (Lipinski definition) is 1. The van der Waals surface area contributed by atoms with Crippen molar-refractivity contribution in [3.63, 3.8) is 0 Å². The van der Waals surface area contributed by atoms with Crippen molar-refractivity contribution in [3.05, 3.63) is 0 Å². The van der Waals surface area contributed by atoms with E-state index in [9.17, 15) is 10.1 Å². The highest BCUT2D eigenvalue weighted by molar-refractivity contribution is 5.76. The Labute approximate surface area is 115 Å². The van der Waals surface area contributed by atoms with E-state index in [0.29, 0.717) is 6.04 Å². The number of likely N-dealkylation sites (tertiary alicyclic amines) is 1. The smallest absolute Gasteiger partial charge is 0.221 e. The van der Waals surface area contributed by atoms with Gasteiger partial charge in [-0.1, -0.05) is 13.3 Å². The molecule has 4 heteroatoms. The summed E-state index contributed by atoms with van der Waals surface area (Å²) in [7, 11) is 0. The normalized spacial score (nSPS) is 36.6. The van der Waals surface area contributed by atoms with Crippen LogP contribution in [0.2, 0.25) is 0 Å². The highest BCUT2D eigenvalue weighted by atomic mass is 16.1. The van der Waals surface area contributed by atoms with Gasteiger partial charge >= 0.3 is 0 Å². The Morgan fingerprint density at radius 1 is 1.42 bits per heavy atom. The van der Waals surface area contributed by atoms with Crippen molar-refractivity contribution in [1.82, 2.24) is 4.90 Å². The monoisotopic (exact) mass is 263 g/mol. The molecule has 2 rings (SSSR count). The molecule has 1 aliphatic heterocycles. The Morgan fingerprint density at radius 3 is 2.84 bits per heavy atom. The molecule has 0 radical (unpaired) electrons. The van der Waals surface area contributed by atoms with E-state index in [1.165, 1.54) is 12.8 Å². The van der Waals surface area contributed by atoms with Gasteiger partial charge in [-0.2, -0.15) is 5.26 Å². The van der Waals surface area contributed by atoms with Gasteiger partial charge in [0.15, 0.2) is 0 Å². The molecule has 4 unspecified atom stereocenters. The van der Waals surface area contributed by atoms with Gasteiger partial charge in [-0.15, -0.1) is 0 Å². The number of primary amides is 1. The second kappa shape index (κ2) is 6.38. The van der Waals surface area contributed by atoms with Crippen molar-refractivity contribution in [1.29, 1.82) is 5.26 Å². The van der Waals surface area contributed by atoms with Crippen LogP contribution in [0.4, 0.5) is 0 Å². The predicted octanol–water partition coefficient (Wildman–Crippen LogP) is 1.90. The summed E-state index contributed by atoms with van der Waals surface area (Å²) in [6, 6.07) is 2.82. The average Bonchev–Trinajstić information content (AvgIpc) is 2.46. The van der Waals surface area contributed by atoms with Crippen LogP contribution in [0, 0.1) is 29.1 Å². The van der Waals surface area contributed by atoms with Crippen molar-refractivity contribution >= 4 is 5.91 Å². The summed E-state index contributed by atoms with van der Waals surface area (Å²) in [6.45, 7) is 4.01. The number of piperidine rings is 1. The van der Waals surface area contributed by atoms with Crippen LogP contribution in [0.25, 0.3) is 0 Å². The highest BCUT2D eigenvalue weighted by Crippen LogP contribution is 2.35. The van der Waals surface area contributed by atoms with Crippen molar-refractivity contribution in [3.8, 4) is 6.07 Å². The van der Waals surface area contributed by atoms with E-state index in [1.807, 2.05) is 0 Å². The number of nitriles is 1. The van der Waals surface area contributed by atoms with Crippen LogP contribution in [-0.2, 0) is 4.79 Å². The Morgan fingerprint density at radius 2 is 2.21 bits per heavy atom. The zero-order valence-electron chi connectivity index (χ0n) is 11.8. The lowest BCUT2D eigenvalue weighted by Gasteiger charge is -2.43. The first kappa shape index (κ1) is 14.3. The second-order valence-electron chi connectivity index (χ2n) is 6.13. The Kier molecular flexibility index (Phi) is 4.81. The third kappa shape index (κ3) is 3.27. The lowest BCUT2D eigenvalue weighted by molar-refractivity contribution is -0.124. The highest BCUT2D eigenvalue weighted by Gasteiger charge is 2.36. The lowest BCUT2D eigenvalue weighted by Crippen LogP contribution is -2.50. The number of nitrogens with zero attached hydrogens (tertiary/aromatic N) is 2. The molecule has 0 spiro atoms. The average molecular weight is 263 g/mol. The Bertz CT molecular complexity index is 363. The molecule has 1 saturated heterocycles. The molecule has 0 aromatic carbocycles. The molecule has 1 amide bonds. The molecule has 0 bridgehead atoms. The van der Waals surface area contributed by atoms with Crippen molar-refractivity contribution < 1.29 is 4.79 Å². The minimum Gasteiger partial charge on any atom is -0.369 e. The Hall–Kier alpha value is -1.08. The van der Waals surface area contributed by atoms with Crippen LogP contribution >= 0.6 is 0 Å². The quantitative estimate of drug-likeness (QED) is 0.845. The van der Waals surface area contributed by atoms with Gasteiger partial charge in [0.05, 0.1) is 17.9 Å². The molecule has 4 atom stereocenters. The largest absolute Gasteiger partial charge is 0.369 e. The van der Waals surface area contributed by atoms with Gasteiger partial charge in [-0.3, -0.25) is 9.69 Å². The number of hydrogen-bond acceptors (Lipinski definition) is 3. The van der Waals surface area contributed by atoms with E-state index in [0.717, 1.165) is 44.7 Å². The fourth-order valence-corrected chi connectivity index (χ4v) is 3.70. The fraction of sp³-hybridized carbons (Fsp3) is 0.867. The Balaban J connectivity index is 2.04. The van der Waals surface area contributed by atoms with Crippen LogP contribution in [-0.4, -0.2) is 29.9 Å². The van der Waals surface area contributed by atoms with Crippen LogP contribution in [0.1, 0.15) is 45.4 Å². The summed E-state index contributed by atoms with van der Waals surface area (Å²) in [5.41, 5.74) is 5.45. The first-order chi connectivity index (χ1) is 9.15. The van der Waals surface area contributed by atoms with E-state index in [1.54, 1.807) is 0 Å². The van der Waals surface area contributed by atoms with Crippen LogP contribution in [0.5, 0.6) is 0 Å². The summed E-state index contributed by atoms with van der Waals surface area (Å²) in [5.74, 6) is 0.675. The van der Waals surface area contributed by atoms with E-state index in [2.05, 4.69) is 17.9 Å². The van der Waals surface area contributed by atoms with Crippen LogP contribution < -0.4 is 5.73 Å². The van der Waals surface area contributed by atoms with Crippen LogP contribution in [0.3, 0.4) is 0 Å².